The number of aromatic nitrogens is 2. The lowest BCUT2D eigenvalue weighted by Gasteiger charge is -2.09. The third-order valence-corrected chi connectivity index (χ3v) is 1.85. The van der Waals surface area contributed by atoms with E-state index in [-0.39, 0.29) is 18.1 Å². The van der Waals surface area contributed by atoms with Gasteiger partial charge >= 0.3 is 5.69 Å². The molecule has 0 aliphatic heterocycles. The Morgan fingerprint density at radius 3 is 2.47 bits per heavy atom. The Morgan fingerprint density at radius 1 is 1.33 bits per heavy atom. The van der Waals surface area contributed by atoms with Gasteiger partial charge in [0.1, 0.15) is 11.5 Å². The van der Waals surface area contributed by atoms with Crippen molar-refractivity contribution in [3.8, 4) is 0 Å². The highest BCUT2D eigenvalue weighted by Crippen LogP contribution is 2.07. The van der Waals surface area contributed by atoms with E-state index in [1.807, 2.05) is 4.98 Å². The van der Waals surface area contributed by atoms with Gasteiger partial charge in [-0.3, -0.25) is 14.3 Å². The number of nitrogens with zero attached hydrogens (tertiary/aromatic N) is 1. The van der Waals surface area contributed by atoms with E-state index in [2.05, 4.69) is 0 Å². The molecule has 0 atom stereocenters. The van der Waals surface area contributed by atoms with Crippen LogP contribution in [0.15, 0.2) is 9.59 Å². The molecule has 1 heterocycles. The van der Waals surface area contributed by atoms with Crippen LogP contribution in [0, 0.1) is 0 Å². The Hall–Kier alpha value is -1.86. The maximum absolute atomic E-state index is 11.9. The van der Waals surface area contributed by atoms with E-state index < -0.39 is 24.1 Å². The van der Waals surface area contributed by atoms with E-state index in [9.17, 15) is 18.4 Å². The minimum Gasteiger partial charge on any atom is -0.391 e. The largest absolute Gasteiger partial charge is 0.391 e. The van der Waals surface area contributed by atoms with Crippen molar-refractivity contribution in [3.63, 3.8) is 0 Å². The molecule has 0 spiro atoms. The van der Waals surface area contributed by atoms with E-state index in [4.69, 9.17) is 11.5 Å². The first-order valence-corrected chi connectivity index (χ1v) is 4.09. The fourth-order valence-electron chi connectivity index (χ4n) is 1.05. The number of halogens is 2. The average molecular weight is 220 g/mol. The molecular formula is C7H10F2N4O2. The fraction of sp³-hybridized carbons (Fsp3) is 0.429. The number of nitrogen functional groups attached to an aromatic ring is 2. The van der Waals surface area contributed by atoms with Crippen molar-refractivity contribution in [2.75, 3.05) is 11.5 Å². The minimum atomic E-state index is -2.55. The van der Waals surface area contributed by atoms with Crippen LogP contribution in [-0.2, 0) is 6.54 Å². The Labute approximate surface area is 82.5 Å². The number of aromatic amines is 1. The normalized spacial score (nSPS) is 10.9. The van der Waals surface area contributed by atoms with Crippen LogP contribution in [0.25, 0.3) is 0 Å². The third-order valence-electron chi connectivity index (χ3n) is 1.85. The zero-order valence-corrected chi connectivity index (χ0v) is 7.67. The molecule has 6 nitrogen and oxygen atoms in total. The second-order valence-corrected chi connectivity index (χ2v) is 2.89. The van der Waals surface area contributed by atoms with Crippen LogP contribution >= 0.6 is 0 Å². The summed E-state index contributed by atoms with van der Waals surface area (Å²) in [6.07, 6.45) is -3.08. The monoisotopic (exact) mass is 220 g/mol. The highest BCUT2D eigenvalue weighted by molar-refractivity contribution is 5.56. The number of nitrogens with one attached hydrogen (secondary N) is 1. The first-order chi connectivity index (χ1) is 6.93. The summed E-state index contributed by atoms with van der Waals surface area (Å²) in [6, 6.07) is 0. The number of H-pyrrole nitrogens is 1. The zero-order valence-electron chi connectivity index (χ0n) is 7.67. The number of nitrogens with two attached hydrogens (primary N) is 2. The van der Waals surface area contributed by atoms with E-state index in [1.165, 1.54) is 0 Å². The van der Waals surface area contributed by atoms with Crippen LogP contribution in [0.4, 0.5) is 20.3 Å². The Bertz CT molecular complexity index is 465. The van der Waals surface area contributed by atoms with Gasteiger partial charge in [-0.2, -0.15) is 0 Å². The predicted octanol–water partition coefficient (Wildman–Crippen LogP) is -0.644. The maximum atomic E-state index is 11.9. The fourth-order valence-corrected chi connectivity index (χ4v) is 1.05. The molecule has 0 radical (unpaired) electrons. The molecule has 0 saturated carbocycles. The van der Waals surface area contributed by atoms with Crippen molar-refractivity contribution in [1.82, 2.24) is 9.55 Å². The van der Waals surface area contributed by atoms with E-state index in [1.54, 1.807) is 0 Å². The number of hydrogen-bond donors (Lipinski definition) is 3. The molecular weight excluding hydrogens is 210 g/mol. The van der Waals surface area contributed by atoms with Crippen molar-refractivity contribution >= 4 is 11.5 Å². The summed E-state index contributed by atoms with van der Waals surface area (Å²) in [5, 5.41) is 0. The van der Waals surface area contributed by atoms with Gasteiger partial charge in [-0.05, 0) is 0 Å². The van der Waals surface area contributed by atoms with Crippen LogP contribution < -0.4 is 22.7 Å². The van der Waals surface area contributed by atoms with Gasteiger partial charge in [0.2, 0.25) is 6.43 Å². The van der Waals surface area contributed by atoms with Crippen LogP contribution in [0.2, 0.25) is 0 Å². The lowest BCUT2D eigenvalue weighted by atomic mass is 10.4. The molecule has 0 aliphatic rings. The highest BCUT2D eigenvalue weighted by Gasteiger charge is 2.10. The molecule has 1 aromatic heterocycles. The minimum absolute atomic E-state index is 0.288. The molecule has 1 aromatic rings. The van der Waals surface area contributed by atoms with E-state index in [0.717, 1.165) is 4.57 Å². The SMILES string of the molecule is Nc1c(N)n(CCC(F)F)c(=O)[nH]c1=O. The van der Waals surface area contributed by atoms with Crippen LogP contribution in [0.1, 0.15) is 6.42 Å². The molecule has 84 valence electrons. The quantitative estimate of drug-likeness (QED) is 0.629. The van der Waals surface area contributed by atoms with Crippen molar-refractivity contribution < 1.29 is 8.78 Å². The topological polar surface area (TPSA) is 107 Å². The molecule has 5 N–H and O–H groups in total. The lowest BCUT2D eigenvalue weighted by Crippen LogP contribution is -2.34. The Balaban J connectivity index is 3.13. The van der Waals surface area contributed by atoms with Crippen molar-refractivity contribution in [1.29, 1.82) is 0 Å². The van der Waals surface area contributed by atoms with Gasteiger partial charge in [-0.15, -0.1) is 0 Å². The highest BCUT2D eigenvalue weighted by atomic mass is 19.3. The molecule has 0 bridgehead atoms. The summed E-state index contributed by atoms with van der Waals surface area (Å²) in [4.78, 5) is 24.0. The average Bonchev–Trinajstić information content (AvgIpc) is 2.14. The van der Waals surface area contributed by atoms with Gasteiger partial charge in [0.15, 0.2) is 0 Å². The summed E-state index contributed by atoms with van der Waals surface area (Å²) >= 11 is 0. The number of hydrogen-bond acceptors (Lipinski definition) is 4. The second kappa shape index (κ2) is 4.11. The summed E-state index contributed by atoms with van der Waals surface area (Å²) in [6.45, 7) is -0.288. The molecule has 0 aromatic carbocycles. The van der Waals surface area contributed by atoms with Gasteiger partial charge in [-0.1, -0.05) is 0 Å². The van der Waals surface area contributed by atoms with Gasteiger partial charge in [0.25, 0.3) is 5.56 Å². The lowest BCUT2D eigenvalue weighted by molar-refractivity contribution is 0.131. The first kappa shape index (κ1) is 11.2. The molecule has 1 rings (SSSR count). The summed E-state index contributed by atoms with van der Waals surface area (Å²) < 4.78 is 24.6. The van der Waals surface area contributed by atoms with Crippen LogP contribution in [0.3, 0.4) is 0 Å². The van der Waals surface area contributed by atoms with Gasteiger partial charge in [0, 0.05) is 13.0 Å². The maximum Gasteiger partial charge on any atom is 0.330 e. The van der Waals surface area contributed by atoms with E-state index in [0.29, 0.717) is 0 Å². The Morgan fingerprint density at radius 2 is 1.93 bits per heavy atom. The molecule has 0 aliphatic carbocycles. The molecule has 0 amide bonds. The Kier molecular flexibility index (Phi) is 3.08. The van der Waals surface area contributed by atoms with Gasteiger partial charge in [0.05, 0.1) is 0 Å². The molecule has 15 heavy (non-hydrogen) atoms. The van der Waals surface area contributed by atoms with Crippen LogP contribution in [-0.4, -0.2) is 16.0 Å². The van der Waals surface area contributed by atoms with Crippen molar-refractivity contribution in [2.45, 2.75) is 19.4 Å². The molecule has 0 fully saturated rings. The van der Waals surface area contributed by atoms with Crippen LogP contribution in [0.5, 0.6) is 0 Å². The predicted molar refractivity (Wildman–Crippen MR) is 50.8 cm³/mol. The second-order valence-electron chi connectivity index (χ2n) is 2.89. The summed E-state index contributed by atoms with van der Waals surface area (Å²) in [7, 11) is 0. The molecule has 8 heteroatoms. The van der Waals surface area contributed by atoms with Gasteiger partial charge in [-0.25, -0.2) is 13.6 Å². The van der Waals surface area contributed by atoms with Crippen molar-refractivity contribution in [3.05, 3.63) is 20.8 Å². The number of rotatable bonds is 3. The summed E-state index contributed by atoms with van der Waals surface area (Å²) in [5.41, 5.74) is 8.59. The zero-order chi connectivity index (χ0) is 11.6. The molecule has 0 saturated heterocycles. The standard InChI is InChI=1S/C7H10F2N4O2/c8-3(9)1-2-13-5(11)4(10)6(14)12-7(13)15/h3H,1-2,10-11H2,(H,12,14,15). The first-order valence-electron chi connectivity index (χ1n) is 4.09. The smallest absolute Gasteiger partial charge is 0.330 e. The van der Waals surface area contributed by atoms with Gasteiger partial charge < -0.3 is 11.5 Å². The summed E-state index contributed by atoms with van der Waals surface area (Å²) in [5.74, 6) is -0.288. The molecule has 0 unspecified atom stereocenters. The number of anilines is 2. The van der Waals surface area contributed by atoms with E-state index >= 15 is 0 Å². The van der Waals surface area contributed by atoms with Crippen molar-refractivity contribution in [2.24, 2.45) is 0 Å². The third kappa shape index (κ3) is 2.33. The number of alkyl halides is 2.